The molecule has 0 aliphatic heterocycles. The summed E-state index contributed by atoms with van der Waals surface area (Å²) in [7, 11) is 0. The zero-order valence-corrected chi connectivity index (χ0v) is 11.4. The predicted molar refractivity (Wildman–Crippen MR) is 80.3 cm³/mol. The monoisotopic (exact) mass is 303 g/mol. The number of amides is 1. The molecule has 0 saturated heterocycles. The number of nitrogens with two attached hydrogens (primary N) is 1. The first kappa shape index (κ1) is 14.7. The van der Waals surface area contributed by atoms with Gasteiger partial charge in [-0.3, -0.25) is 19.9 Å². The Morgan fingerprint density at radius 3 is 2.48 bits per heavy atom. The van der Waals surface area contributed by atoms with Gasteiger partial charge < -0.3 is 5.73 Å². The van der Waals surface area contributed by atoms with Gasteiger partial charge in [-0.15, -0.1) is 0 Å². The number of hydrogen-bond donors (Lipinski definition) is 1. The molecule has 106 valence electrons. The Labute approximate surface area is 125 Å². The van der Waals surface area contributed by atoms with Crippen molar-refractivity contribution in [2.45, 2.75) is 0 Å². The summed E-state index contributed by atoms with van der Waals surface area (Å²) < 4.78 is 0. The van der Waals surface area contributed by atoms with Crippen LogP contribution in [0.25, 0.3) is 0 Å². The number of primary amides is 1. The second-order valence-corrected chi connectivity index (χ2v) is 4.54. The highest BCUT2D eigenvalue weighted by Gasteiger charge is 2.08. The van der Waals surface area contributed by atoms with E-state index in [0.29, 0.717) is 21.8 Å². The summed E-state index contributed by atoms with van der Waals surface area (Å²) in [4.78, 5) is 25.3. The summed E-state index contributed by atoms with van der Waals surface area (Å²) in [6.45, 7) is 0. The second-order valence-electron chi connectivity index (χ2n) is 4.13. The normalized spacial score (nSPS) is 10.7. The standard InChI is InChI=1S/C14H10ClN3O3/c15-13-6-5-12(18(20)21)7-10(13)8-17-11-3-1-9(2-4-11)14(16)19/h1-8H,(H2,16,19). The number of carbonyl (C=O) groups is 1. The lowest BCUT2D eigenvalue weighted by atomic mass is 10.2. The van der Waals surface area contributed by atoms with Crippen molar-refractivity contribution in [2.75, 3.05) is 0 Å². The number of rotatable bonds is 4. The van der Waals surface area contributed by atoms with Crippen LogP contribution in [0.4, 0.5) is 11.4 Å². The van der Waals surface area contributed by atoms with Crippen molar-refractivity contribution >= 4 is 35.1 Å². The Balaban J connectivity index is 2.26. The zero-order chi connectivity index (χ0) is 15.4. The summed E-state index contributed by atoms with van der Waals surface area (Å²) in [5.74, 6) is -0.521. The van der Waals surface area contributed by atoms with Crippen LogP contribution >= 0.6 is 11.6 Å². The molecule has 0 aromatic heterocycles. The number of nitro groups is 1. The van der Waals surface area contributed by atoms with Gasteiger partial charge in [-0.05, 0) is 30.3 Å². The molecule has 0 spiro atoms. The van der Waals surface area contributed by atoms with Gasteiger partial charge in [0.1, 0.15) is 0 Å². The van der Waals surface area contributed by atoms with E-state index in [0.717, 1.165) is 0 Å². The van der Waals surface area contributed by atoms with E-state index in [-0.39, 0.29) is 5.69 Å². The molecular formula is C14H10ClN3O3. The highest BCUT2D eigenvalue weighted by atomic mass is 35.5. The van der Waals surface area contributed by atoms with Crippen LogP contribution in [0.3, 0.4) is 0 Å². The van der Waals surface area contributed by atoms with Gasteiger partial charge in [-0.1, -0.05) is 11.6 Å². The fourth-order valence-corrected chi connectivity index (χ4v) is 1.77. The van der Waals surface area contributed by atoms with Crippen molar-refractivity contribution in [3.05, 3.63) is 68.7 Å². The largest absolute Gasteiger partial charge is 0.366 e. The first-order valence-corrected chi connectivity index (χ1v) is 6.23. The zero-order valence-electron chi connectivity index (χ0n) is 10.7. The summed E-state index contributed by atoms with van der Waals surface area (Å²) in [6.07, 6.45) is 1.43. The number of nitrogens with zero attached hydrogens (tertiary/aromatic N) is 2. The topological polar surface area (TPSA) is 98.6 Å². The summed E-state index contributed by atoms with van der Waals surface area (Å²) in [5, 5.41) is 11.1. The molecule has 2 N–H and O–H groups in total. The smallest absolute Gasteiger partial charge is 0.270 e. The number of non-ortho nitro benzene ring substituents is 1. The number of nitro benzene ring substituents is 1. The van der Waals surface area contributed by atoms with Gasteiger partial charge in [0.25, 0.3) is 5.69 Å². The van der Waals surface area contributed by atoms with E-state index in [1.54, 1.807) is 24.3 Å². The Morgan fingerprint density at radius 2 is 1.90 bits per heavy atom. The van der Waals surface area contributed by atoms with E-state index in [1.807, 2.05) is 0 Å². The maximum atomic E-state index is 10.9. The van der Waals surface area contributed by atoms with E-state index < -0.39 is 10.8 Å². The maximum absolute atomic E-state index is 10.9. The molecule has 0 aliphatic rings. The number of aliphatic imine (C=N–C) groups is 1. The lowest BCUT2D eigenvalue weighted by Gasteiger charge is -1.99. The number of carbonyl (C=O) groups excluding carboxylic acids is 1. The van der Waals surface area contributed by atoms with Crippen LogP contribution in [0.1, 0.15) is 15.9 Å². The molecule has 0 aliphatic carbocycles. The van der Waals surface area contributed by atoms with Crippen molar-refractivity contribution in [2.24, 2.45) is 10.7 Å². The van der Waals surface area contributed by atoms with E-state index in [4.69, 9.17) is 17.3 Å². The summed E-state index contributed by atoms with van der Waals surface area (Å²) in [5.41, 5.74) is 6.45. The van der Waals surface area contributed by atoms with Crippen LogP contribution in [0, 0.1) is 10.1 Å². The predicted octanol–water partition coefficient (Wildman–Crippen LogP) is 3.10. The highest BCUT2D eigenvalue weighted by molar-refractivity contribution is 6.33. The fourth-order valence-electron chi connectivity index (χ4n) is 1.60. The summed E-state index contributed by atoms with van der Waals surface area (Å²) >= 11 is 5.96. The molecule has 7 heteroatoms. The molecule has 6 nitrogen and oxygen atoms in total. The number of benzene rings is 2. The second kappa shape index (κ2) is 6.15. The van der Waals surface area contributed by atoms with E-state index in [1.165, 1.54) is 24.4 Å². The lowest BCUT2D eigenvalue weighted by Crippen LogP contribution is -2.10. The van der Waals surface area contributed by atoms with E-state index in [2.05, 4.69) is 4.99 Å². The molecule has 2 rings (SSSR count). The number of halogens is 1. The van der Waals surface area contributed by atoms with Crippen molar-refractivity contribution in [3.63, 3.8) is 0 Å². The third-order valence-electron chi connectivity index (χ3n) is 2.69. The van der Waals surface area contributed by atoms with Gasteiger partial charge in [-0.2, -0.15) is 0 Å². The average Bonchev–Trinajstić information content (AvgIpc) is 2.46. The molecule has 0 bridgehead atoms. The highest BCUT2D eigenvalue weighted by Crippen LogP contribution is 2.21. The Morgan fingerprint density at radius 1 is 1.24 bits per heavy atom. The molecule has 2 aromatic carbocycles. The van der Waals surface area contributed by atoms with Crippen molar-refractivity contribution in [3.8, 4) is 0 Å². The molecule has 21 heavy (non-hydrogen) atoms. The Hall–Kier alpha value is -2.73. The van der Waals surface area contributed by atoms with E-state index in [9.17, 15) is 14.9 Å². The lowest BCUT2D eigenvalue weighted by molar-refractivity contribution is -0.384. The Kier molecular flexibility index (Phi) is 4.30. The minimum Gasteiger partial charge on any atom is -0.366 e. The van der Waals surface area contributed by atoms with Crippen LogP contribution in [0.5, 0.6) is 0 Å². The van der Waals surface area contributed by atoms with Crippen LogP contribution in [-0.4, -0.2) is 17.0 Å². The molecule has 0 heterocycles. The molecule has 0 radical (unpaired) electrons. The molecule has 0 saturated carbocycles. The van der Waals surface area contributed by atoms with Crippen LogP contribution in [0.15, 0.2) is 47.5 Å². The fraction of sp³-hybridized carbons (Fsp3) is 0. The van der Waals surface area contributed by atoms with Crippen molar-refractivity contribution < 1.29 is 9.72 Å². The van der Waals surface area contributed by atoms with Gasteiger partial charge in [0.2, 0.25) is 5.91 Å². The van der Waals surface area contributed by atoms with Crippen LogP contribution < -0.4 is 5.73 Å². The first-order valence-electron chi connectivity index (χ1n) is 5.85. The molecule has 0 unspecified atom stereocenters. The van der Waals surface area contributed by atoms with Gasteiger partial charge >= 0.3 is 0 Å². The third kappa shape index (κ3) is 3.64. The Bertz CT molecular complexity index is 727. The molecule has 1 amide bonds. The van der Waals surface area contributed by atoms with Gasteiger partial charge in [-0.25, -0.2) is 0 Å². The van der Waals surface area contributed by atoms with E-state index >= 15 is 0 Å². The average molecular weight is 304 g/mol. The summed E-state index contributed by atoms with van der Waals surface area (Å²) in [6, 6.07) is 10.4. The first-order chi connectivity index (χ1) is 9.97. The number of hydrogen-bond acceptors (Lipinski definition) is 4. The molecule has 2 aromatic rings. The van der Waals surface area contributed by atoms with Crippen LogP contribution in [-0.2, 0) is 0 Å². The molecular weight excluding hydrogens is 294 g/mol. The third-order valence-corrected chi connectivity index (χ3v) is 3.04. The van der Waals surface area contributed by atoms with Crippen molar-refractivity contribution in [1.82, 2.24) is 0 Å². The van der Waals surface area contributed by atoms with Crippen LogP contribution in [0.2, 0.25) is 5.02 Å². The van der Waals surface area contributed by atoms with Gasteiger partial charge in [0.15, 0.2) is 0 Å². The SMILES string of the molecule is NC(=O)c1ccc(N=Cc2cc([N+](=O)[O-])ccc2Cl)cc1. The minimum atomic E-state index is -0.521. The van der Waals surface area contributed by atoms with Gasteiger partial charge in [0.05, 0.1) is 10.6 Å². The van der Waals surface area contributed by atoms with Crippen molar-refractivity contribution in [1.29, 1.82) is 0 Å². The van der Waals surface area contributed by atoms with Gasteiger partial charge in [0, 0.05) is 34.5 Å². The minimum absolute atomic E-state index is 0.0649. The molecule has 0 atom stereocenters. The quantitative estimate of drug-likeness (QED) is 0.533. The maximum Gasteiger partial charge on any atom is 0.270 e. The molecule has 0 fully saturated rings.